The quantitative estimate of drug-likeness (QED) is 0.646. The number of hydrogen-bond donors (Lipinski definition) is 1. The molecule has 0 heterocycles. The third-order valence-electron chi connectivity index (χ3n) is 2.19. The van der Waals surface area contributed by atoms with Gasteiger partial charge in [-0.1, -0.05) is 0 Å². The van der Waals surface area contributed by atoms with Gasteiger partial charge in [-0.15, -0.1) is 0 Å². The number of benzene rings is 1. The van der Waals surface area contributed by atoms with Crippen LogP contribution in [0.2, 0.25) is 0 Å². The van der Waals surface area contributed by atoms with E-state index < -0.39 is 11.0 Å². The molecule has 0 atom stereocenters. The first kappa shape index (κ1) is 14.6. The molecule has 0 bridgehead atoms. The van der Waals surface area contributed by atoms with E-state index in [1.807, 2.05) is 0 Å². The van der Waals surface area contributed by atoms with Gasteiger partial charge in [0.05, 0.1) is 25.2 Å². The van der Waals surface area contributed by atoms with Crippen molar-refractivity contribution in [2.75, 3.05) is 20.8 Å². The Bertz CT molecular complexity index is 488. The molecule has 1 N–H and O–H groups in total. The van der Waals surface area contributed by atoms with Crippen LogP contribution in [0.15, 0.2) is 12.1 Å². The van der Waals surface area contributed by atoms with E-state index >= 15 is 0 Å². The molecule has 8 nitrogen and oxygen atoms in total. The maximum Gasteiger partial charge on any atom is 0.412 e. The van der Waals surface area contributed by atoms with Gasteiger partial charge in [0.1, 0.15) is 0 Å². The summed E-state index contributed by atoms with van der Waals surface area (Å²) in [4.78, 5) is 21.6. The monoisotopic (exact) mass is 270 g/mol. The summed E-state index contributed by atoms with van der Waals surface area (Å²) in [6.45, 7) is 2.05. The van der Waals surface area contributed by atoms with Crippen LogP contribution in [-0.4, -0.2) is 31.8 Å². The lowest BCUT2D eigenvalue weighted by molar-refractivity contribution is -0.385. The molecular weight excluding hydrogens is 256 g/mol. The molecule has 104 valence electrons. The molecule has 0 radical (unpaired) electrons. The van der Waals surface area contributed by atoms with Crippen LogP contribution in [0, 0.1) is 10.1 Å². The third kappa shape index (κ3) is 3.47. The van der Waals surface area contributed by atoms with E-state index in [0.29, 0.717) is 6.54 Å². The number of ether oxygens (including phenoxy) is 3. The van der Waals surface area contributed by atoms with E-state index in [0.717, 1.165) is 6.07 Å². The number of rotatable bonds is 5. The first-order valence-corrected chi connectivity index (χ1v) is 5.39. The van der Waals surface area contributed by atoms with Gasteiger partial charge in [0.15, 0.2) is 11.5 Å². The minimum absolute atomic E-state index is 0.178. The molecule has 1 aromatic carbocycles. The van der Waals surface area contributed by atoms with Crippen LogP contribution in [-0.2, 0) is 0 Å². The van der Waals surface area contributed by atoms with E-state index in [1.165, 1.54) is 20.3 Å². The fourth-order valence-electron chi connectivity index (χ4n) is 1.35. The molecule has 1 amide bonds. The van der Waals surface area contributed by atoms with Crippen LogP contribution in [0.4, 0.5) is 10.5 Å². The largest absolute Gasteiger partial charge is 0.493 e. The molecule has 0 aliphatic rings. The average molecular weight is 270 g/mol. The fraction of sp³-hybridized carbons (Fsp3) is 0.364. The van der Waals surface area contributed by atoms with E-state index in [-0.39, 0.29) is 22.9 Å². The van der Waals surface area contributed by atoms with Crippen molar-refractivity contribution in [3.63, 3.8) is 0 Å². The topological polar surface area (TPSA) is 99.9 Å². The van der Waals surface area contributed by atoms with Gasteiger partial charge in [-0.05, 0) is 6.92 Å². The Balaban J connectivity index is 3.19. The molecule has 0 aliphatic carbocycles. The Morgan fingerprint density at radius 3 is 2.32 bits per heavy atom. The van der Waals surface area contributed by atoms with Crippen LogP contribution in [0.3, 0.4) is 0 Å². The molecule has 19 heavy (non-hydrogen) atoms. The Kier molecular flexibility index (Phi) is 4.92. The normalized spacial score (nSPS) is 9.63. The van der Waals surface area contributed by atoms with Crippen LogP contribution < -0.4 is 19.5 Å². The summed E-state index contributed by atoms with van der Waals surface area (Å²) in [7, 11) is 2.73. The minimum Gasteiger partial charge on any atom is -0.493 e. The molecule has 0 aromatic heterocycles. The number of methoxy groups -OCH3 is 2. The molecule has 0 aliphatic heterocycles. The lowest BCUT2D eigenvalue weighted by Crippen LogP contribution is -2.26. The summed E-state index contributed by atoms with van der Waals surface area (Å²) in [5, 5.41) is 13.3. The molecule has 8 heteroatoms. The molecular formula is C11H14N2O6. The zero-order chi connectivity index (χ0) is 14.4. The van der Waals surface area contributed by atoms with E-state index in [1.54, 1.807) is 6.92 Å². The van der Waals surface area contributed by atoms with Crippen LogP contribution in [0.25, 0.3) is 0 Å². The highest BCUT2D eigenvalue weighted by atomic mass is 16.6. The van der Waals surface area contributed by atoms with Gasteiger partial charge in [0.2, 0.25) is 5.75 Å². The molecule has 0 unspecified atom stereocenters. The van der Waals surface area contributed by atoms with E-state index in [2.05, 4.69) is 5.32 Å². The van der Waals surface area contributed by atoms with Crippen LogP contribution >= 0.6 is 0 Å². The molecule has 0 spiro atoms. The lowest BCUT2D eigenvalue weighted by Gasteiger charge is -2.10. The Morgan fingerprint density at radius 1 is 1.26 bits per heavy atom. The van der Waals surface area contributed by atoms with Crippen molar-refractivity contribution in [1.29, 1.82) is 0 Å². The van der Waals surface area contributed by atoms with Crippen LogP contribution in [0.5, 0.6) is 17.2 Å². The lowest BCUT2D eigenvalue weighted by atomic mass is 10.2. The van der Waals surface area contributed by atoms with Gasteiger partial charge < -0.3 is 19.5 Å². The van der Waals surface area contributed by atoms with Crippen molar-refractivity contribution < 1.29 is 23.9 Å². The van der Waals surface area contributed by atoms with Crippen LogP contribution in [0.1, 0.15) is 6.92 Å². The summed E-state index contributed by atoms with van der Waals surface area (Å²) in [6, 6.07) is 2.36. The summed E-state index contributed by atoms with van der Waals surface area (Å²) in [5.74, 6) is 0.193. The average Bonchev–Trinajstić information content (AvgIpc) is 2.38. The predicted octanol–water partition coefficient (Wildman–Crippen LogP) is 1.72. The van der Waals surface area contributed by atoms with Gasteiger partial charge in [0, 0.05) is 12.6 Å². The van der Waals surface area contributed by atoms with Crippen molar-refractivity contribution in [1.82, 2.24) is 5.32 Å². The van der Waals surface area contributed by atoms with Gasteiger partial charge in [-0.3, -0.25) is 10.1 Å². The van der Waals surface area contributed by atoms with Gasteiger partial charge in [0.25, 0.3) is 0 Å². The number of carbonyl (C=O) groups excluding carboxylic acids is 1. The first-order chi connectivity index (χ1) is 9.03. The third-order valence-corrected chi connectivity index (χ3v) is 2.19. The molecule has 1 aromatic rings. The maximum absolute atomic E-state index is 11.3. The summed E-state index contributed by atoms with van der Waals surface area (Å²) in [5.41, 5.74) is -0.385. The van der Waals surface area contributed by atoms with Crippen molar-refractivity contribution in [2.45, 2.75) is 6.92 Å². The highest BCUT2D eigenvalue weighted by molar-refractivity contribution is 5.73. The molecule has 0 saturated carbocycles. The van der Waals surface area contributed by atoms with Gasteiger partial charge >= 0.3 is 11.8 Å². The Hall–Kier alpha value is -2.51. The zero-order valence-corrected chi connectivity index (χ0v) is 10.8. The number of carbonyl (C=O) groups is 1. The van der Waals surface area contributed by atoms with Crippen molar-refractivity contribution in [3.8, 4) is 17.2 Å². The maximum atomic E-state index is 11.3. The van der Waals surface area contributed by atoms with E-state index in [9.17, 15) is 14.9 Å². The van der Waals surface area contributed by atoms with Gasteiger partial charge in [-0.2, -0.15) is 0 Å². The number of nitrogens with one attached hydrogen (secondary N) is 1. The number of nitro benzene ring substituents is 1. The molecule has 0 saturated heterocycles. The number of nitrogens with zero attached hydrogens (tertiary/aromatic N) is 1. The predicted molar refractivity (Wildman–Crippen MR) is 65.9 cm³/mol. The van der Waals surface area contributed by atoms with E-state index in [4.69, 9.17) is 14.2 Å². The summed E-state index contributed by atoms with van der Waals surface area (Å²) >= 11 is 0. The molecule has 1 rings (SSSR count). The zero-order valence-electron chi connectivity index (χ0n) is 10.8. The van der Waals surface area contributed by atoms with Gasteiger partial charge in [-0.25, -0.2) is 4.79 Å². The Labute approximate surface area is 109 Å². The second-order valence-corrected chi connectivity index (χ2v) is 3.35. The SMILES string of the molecule is CCNC(=O)Oc1cc(OC)c(OC)cc1[N+](=O)[O-]. The number of nitro groups is 1. The smallest absolute Gasteiger partial charge is 0.412 e. The highest BCUT2D eigenvalue weighted by Crippen LogP contribution is 2.39. The second-order valence-electron chi connectivity index (χ2n) is 3.35. The number of amides is 1. The fourth-order valence-corrected chi connectivity index (χ4v) is 1.35. The highest BCUT2D eigenvalue weighted by Gasteiger charge is 2.22. The van der Waals surface area contributed by atoms with Crippen molar-refractivity contribution in [3.05, 3.63) is 22.2 Å². The minimum atomic E-state index is -0.780. The Morgan fingerprint density at radius 2 is 1.84 bits per heavy atom. The van der Waals surface area contributed by atoms with Crippen molar-refractivity contribution in [2.24, 2.45) is 0 Å². The summed E-state index contributed by atoms with van der Waals surface area (Å²) in [6.07, 6.45) is -0.780. The number of hydrogen-bond acceptors (Lipinski definition) is 6. The summed E-state index contributed by atoms with van der Waals surface area (Å²) < 4.78 is 14.8. The van der Waals surface area contributed by atoms with Crippen molar-refractivity contribution >= 4 is 11.8 Å². The first-order valence-electron chi connectivity index (χ1n) is 5.39. The second kappa shape index (κ2) is 6.43. The standard InChI is InChI=1S/C11H14N2O6/c1-4-12-11(14)19-8-6-10(18-3)9(17-2)5-7(8)13(15)16/h5-6H,4H2,1-3H3,(H,12,14). The molecule has 0 fully saturated rings.